The Morgan fingerprint density at radius 3 is 1.53 bits per heavy atom. The van der Waals surface area contributed by atoms with Crippen LogP contribution in [0.2, 0.25) is 0 Å². The Kier molecular flexibility index (Phi) is 17.3. The van der Waals surface area contributed by atoms with E-state index in [1.165, 1.54) is 18.2 Å². The third-order valence-electron chi connectivity index (χ3n) is 1.33. The molecule has 0 unspecified atom stereocenters. The molecule has 0 spiro atoms. The van der Waals surface area contributed by atoms with E-state index in [1.807, 2.05) is 12.5 Å². The molecule has 0 saturated heterocycles. The largest absolute Gasteiger partial charge is 1.00 e. The van der Waals surface area contributed by atoms with E-state index in [2.05, 4.69) is 0 Å². The van der Waals surface area contributed by atoms with Crippen molar-refractivity contribution in [2.75, 3.05) is 12.5 Å². The molecule has 1 aromatic rings. The fraction of sp³-hybridized carbons (Fsp3) is 0.200. The summed E-state index contributed by atoms with van der Waals surface area (Å²) in [7, 11) is 0. The zero-order chi connectivity index (χ0) is 11.8. The summed E-state index contributed by atoms with van der Waals surface area (Å²) in [4.78, 5) is 20.5. The first kappa shape index (κ1) is 22.7. The molecule has 0 bridgehead atoms. The molecule has 4 nitrogen and oxygen atoms in total. The van der Waals surface area contributed by atoms with Gasteiger partial charge in [-0.25, -0.2) is 0 Å². The molecule has 0 amide bonds. The van der Waals surface area contributed by atoms with E-state index in [1.54, 1.807) is 11.8 Å². The van der Waals surface area contributed by atoms with Crippen LogP contribution in [-0.2, 0) is 0 Å². The van der Waals surface area contributed by atoms with Crippen LogP contribution in [0.3, 0.4) is 0 Å². The van der Waals surface area contributed by atoms with E-state index in [0.717, 1.165) is 6.07 Å². The second-order valence-electron chi connectivity index (χ2n) is 2.56. The number of thioether (sulfide) groups is 1. The Balaban J connectivity index is -0.000000356. The molecule has 82 valence electrons. The van der Waals surface area contributed by atoms with Crippen LogP contribution in [0.15, 0.2) is 24.3 Å². The van der Waals surface area contributed by atoms with Crippen molar-refractivity contribution in [3.8, 4) is 0 Å². The first-order valence-electron chi connectivity index (χ1n) is 3.95. The zero-order valence-electron chi connectivity index (χ0n) is 10.4. The fourth-order valence-corrected chi connectivity index (χ4v) is 0.773. The molecule has 0 N–H and O–H groups in total. The van der Waals surface area contributed by atoms with Crippen LogP contribution < -0.4 is 69.3 Å². The maximum absolute atomic E-state index is 10.3. The molecule has 0 aliphatic carbocycles. The molecule has 17 heavy (non-hydrogen) atoms. The fourth-order valence-electron chi connectivity index (χ4n) is 0.773. The van der Waals surface area contributed by atoms with Gasteiger partial charge in [0.25, 0.3) is 0 Å². The van der Waals surface area contributed by atoms with Crippen molar-refractivity contribution in [1.29, 1.82) is 0 Å². The van der Waals surface area contributed by atoms with Gasteiger partial charge in [-0.1, -0.05) is 18.2 Å². The van der Waals surface area contributed by atoms with Crippen molar-refractivity contribution in [2.24, 2.45) is 0 Å². The summed E-state index contributed by atoms with van der Waals surface area (Å²) in [6.07, 6.45) is 4.08. The van der Waals surface area contributed by atoms with Gasteiger partial charge in [0.15, 0.2) is 0 Å². The smallest absolute Gasteiger partial charge is 0.545 e. The van der Waals surface area contributed by atoms with Gasteiger partial charge in [0.1, 0.15) is 0 Å². The third kappa shape index (κ3) is 10.1. The average molecular weight is 272 g/mol. The molecule has 0 aromatic heterocycles. The molecule has 7 heteroatoms. The number of rotatable bonds is 2. The Morgan fingerprint density at radius 1 is 1.00 bits per heavy atom. The topological polar surface area (TPSA) is 80.3 Å². The van der Waals surface area contributed by atoms with E-state index in [-0.39, 0.29) is 70.2 Å². The Labute approximate surface area is 149 Å². The van der Waals surface area contributed by atoms with E-state index < -0.39 is 11.9 Å². The quantitative estimate of drug-likeness (QED) is 0.500. The summed E-state index contributed by atoms with van der Waals surface area (Å²) in [6.45, 7) is 0. The predicted molar refractivity (Wildman–Crippen MR) is 54.5 cm³/mol. The van der Waals surface area contributed by atoms with Crippen LogP contribution in [-0.4, -0.2) is 24.5 Å². The molecule has 0 radical (unpaired) electrons. The number of carboxylic acids is 2. The molecule has 1 aromatic carbocycles. The summed E-state index contributed by atoms with van der Waals surface area (Å²) >= 11 is 1.75. The number of carbonyl (C=O) groups is 2. The van der Waals surface area contributed by atoms with Crippen molar-refractivity contribution in [1.82, 2.24) is 0 Å². The van der Waals surface area contributed by atoms with Gasteiger partial charge < -0.3 is 19.8 Å². The van der Waals surface area contributed by atoms with Gasteiger partial charge in [-0.05, 0) is 29.7 Å². The number of carbonyl (C=O) groups excluding carboxylic acids is 2. The second kappa shape index (κ2) is 13.0. The van der Waals surface area contributed by atoms with Gasteiger partial charge in [-0.3, -0.25) is 0 Å². The number of hydrogen-bond acceptors (Lipinski definition) is 5. The van der Waals surface area contributed by atoms with E-state index >= 15 is 0 Å². The summed E-state index contributed by atoms with van der Waals surface area (Å²) in [5, 5.41) is 20.5. The molecule has 0 saturated carbocycles. The Bertz CT molecular complexity index is 329. The first-order valence-corrected chi connectivity index (χ1v) is 5.59. The van der Waals surface area contributed by atoms with Gasteiger partial charge in [-0.2, -0.15) is 11.8 Å². The molecule has 0 aliphatic rings. The summed E-state index contributed by atoms with van der Waals surface area (Å²) in [5.74, 6) is -2.81. The third-order valence-corrected chi connectivity index (χ3v) is 1.33. The molecular formula is C10H10Na2O4S. The van der Waals surface area contributed by atoms with Crippen LogP contribution in [0, 0.1) is 0 Å². The van der Waals surface area contributed by atoms with Crippen molar-refractivity contribution in [2.45, 2.75) is 0 Å². The van der Waals surface area contributed by atoms with Gasteiger partial charge in [0.2, 0.25) is 0 Å². The summed E-state index contributed by atoms with van der Waals surface area (Å²) in [6, 6.07) is 4.81. The van der Waals surface area contributed by atoms with Gasteiger partial charge in [0.05, 0.1) is 11.9 Å². The monoisotopic (exact) mass is 272 g/mol. The number of benzene rings is 1. The summed E-state index contributed by atoms with van der Waals surface area (Å²) < 4.78 is 0. The van der Waals surface area contributed by atoms with Gasteiger partial charge >= 0.3 is 59.1 Å². The standard InChI is InChI=1S/C8H6O4.C2H6S.2Na/c9-7(10)5-2-1-3-6(4-5)8(11)12;1-3-2;;/h1-4H,(H,9,10)(H,11,12);1-2H3;;/q;;2*+1/p-2. The first-order chi connectivity index (χ1) is 7.02. The molecule has 0 heterocycles. The zero-order valence-corrected chi connectivity index (χ0v) is 15.2. The van der Waals surface area contributed by atoms with Gasteiger partial charge in [0, 0.05) is 0 Å². The Morgan fingerprint density at radius 2 is 1.29 bits per heavy atom. The van der Waals surface area contributed by atoms with Crippen LogP contribution in [0.4, 0.5) is 0 Å². The van der Waals surface area contributed by atoms with Crippen LogP contribution in [0.5, 0.6) is 0 Å². The van der Waals surface area contributed by atoms with Crippen molar-refractivity contribution < 1.29 is 78.9 Å². The SMILES string of the molecule is CSC.O=C([O-])c1cccc(C(=O)[O-])c1.[Na+].[Na+]. The minimum absolute atomic E-state index is 0. The number of aromatic carboxylic acids is 2. The van der Waals surface area contributed by atoms with Crippen LogP contribution in [0.25, 0.3) is 0 Å². The van der Waals surface area contributed by atoms with Crippen molar-refractivity contribution >= 4 is 23.7 Å². The maximum Gasteiger partial charge on any atom is 1.00 e. The Hall–Kier alpha value is 0.510. The molecule has 0 aliphatic heterocycles. The molecule has 1 rings (SSSR count). The normalized spacial score (nSPS) is 7.65. The van der Waals surface area contributed by atoms with Crippen LogP contribution >= 0.6 is 11.8 Å². The average Bonchev–Trinajstić information content (AvgIpc) is 2.19. The predicted octanol–water partition coefficient (Wildman–Crippen LogP) is -6.60. The van der Waals surface area contributed by atoms with Crippen LogP contribution in [0.1, 0.15) is 20.7 Å². The minimum Gasteiger partial charge on any atom is -0.545 e. The number of carboxylic acid groups (broad SMARTS) is 2. The minimum atomic E-state index is -1.40. The van der Waals surface area contributed by atoms with Gasteiger partial charge in [-0.15, -0.1) is 0 Å². The maximum atomic E-state index is 10.3. The van der Waals surface area contributed by atoms with E-state index in [0.29, 0.717) is 0 Å². The molecular weight excluding hydrogens is 262 g/mol. The van der Waals surface area contributed by atoms with E-state index in [4.69, 9.17) is 0 Å². The summed E-state index contributed by atoms with van der Waals surface area (Å²) in [5.41, 5.74) is -0.339. The second-order valence-corrected chi connectivity index (χ2v) is 3.38. The molecule has 0 fully saturated rings. The van der Waals surface area contributed by atoms with E-state index in [9.17, 15) is 19.8 Å². The molecule has 0 atom stereocenters. The number of hydrogen-bond donors (Lipinski definition) is 0. The van der Waals surface area contributed by atoms with Crippen molar-refractivity contribution in [3.63, 3.8) is 0 Å². The van der Waals surface area contributed by atoms with Crippen molar-refractivity contribution in [3.05, 3.63) is 35.4 Å².